The highest BCUT2D eigenvalue weighted by Crippen LogP contribution is 2.28. The van der Waals surface area contributed by atoms with E-state index in [1.165, 1.54) is 6.07 Å². The summed E-state index contributed by atoms with van der Waals surface area (Å²) >= 11 is 0. The third kappa shape index (κ3) is 3.23. The molecule has 0 aliphatic rings. The molecule has 0 saturated heterocycles. The first-order valence-electron chi connectivity index (χ1n) is 4.10. The Morgan fingerprint density at radius 1 is 1.40 bits per heavy atom. The van der Waals surface area contributed by atoms with Crippen LogP contribution in [0.3, 0.4) is 0 Å². The van der Waals surface area contributed by atoms with Crippen LogP contribution in [0.2, 0.25) is 0 Å². The molecule has 0 aliphatic heterocycles. The van der Waals surface area contributed by atoms with Gasteiger partial charge in [-0.05, 0) is 12.5 Å². The second kappa shape index (κ2) is 3.88. The van der Waals surface area contributed by atoms with Crippen LogP contribution in [0.1, 0.15) is 11.1 Å². The van der Waals surface area contributed by atoms with Crippen molar-refractivity contribution < 1.29 is 18.1 Å². The maximum atomic E-state index is 12.1. The molecule has 0 N–H and O–H groups in total. The van der Waals surface area contributed by atoms with Crippen molar-refractivity contribution in [1.82, 2.24) is 0 Å². The average Bonchev–Trinajstić information content (AvgIpc) is 2.05. The molecule has 15 heavy (non-hydrogen) atoms. The molecule has 0 unspecified atom stereocenters. The zero-order valence-electron chi connectivity index (χ0n) is 7.84. The highest BCUT2D eigenvalue weighted by molar-refractivity contribution is 5.43. The number of nitro benzene ring substituents is 1. The van der Waals surface area contributed by atoms with Gasteiger partial charge in [0.2, 0.25) is 0 Å². The summed E-state index contributed by atoms with van der Waals surface area (Å²) in [5.74, 6) is 0. The summed E-state index contributed by atoms with van der Waals surface area (Å²) in [7, 11) is 0. The van der Waals surface area contributed by atoms with E-state index in [-0.39, 0.29) is 5.56 Å². The Morgan fingerprint density at radius 2 is 2.00 bits per heavy atom. The lowest BCUT2D eigenvalue weighted by atomic mass is 10.1. The molecule has 6 heteroatoms. The SMILES string of the molecule is Cc1ccc(CC(F)(F)F)c([N+](=O)[O-])c1. The van der Waals surface area contributed by atoms with Crippen molar-refractivity contribution in [2.75, 3.05) is 0 Å². The van der Waals surface area contributed by atoms with Gasteiger partial charge in [0.05, 0.1) is 11.3 Å². The van der Waals surface area contributed by atoms with Gasteiger partial charge in [-0.2, -0.15) is 13.2 Å². The molecule has 0 aliphatic carbocycles. The first-order chi connectivity index (χ1) is 6.79. The molecule has 0 bridgehead atoms. The second-order valence-corrected chi connectivity index (χ2v) is 3.18. The number of aryl methyl sites for hydroxylation is 1. The van der Waals surface area contributed by atoms with E-state index in [0.29, 0.717) is 5.56 Å². The standard InChI is InChI=1S/C9H8F3NO2/c1-6-2-3-7(5-9(10,11)12)8(4-6)13(14)15/h2-4H,5H2,1H3. The third-order valence-electron chi connectivity index (χ3n) is 1.83. The van der Waals surface area contributed by atoms with E-state index in [1.807, 2.05) is 0 Å². The predicted octanol–water partition coefficient (Wildman–Crippen LogP) is 3.01. The molecule has 0 saturated carbocycles. The maximum absolute atomic E-state index is 12.1. The van der Waals surface area contributed by atoms with Crippen LogP contribution in [-0.4, -0.2) is 11.1 Å². The first kappa shape index (κ1) is 11.5. The Hall–Kier alpha value is -1.59. The van der Waals surface area contributed by atoms with Gasteiger partial charge < -0.3 is 0 Å². The Morgan fingerprint density at radius 3 is 2.47 bits per heavy atom. The largest absolute Gasteiger partial charge is 0.393 e. The lowest BCUT2D eigenvalue weighted by molar-refractivity contribution is -0.386. The monoisotopic (exact) mass is 219 g/mol. The van der Waals surface area contributed by atoms with Gasteiger partial charge >= 0.3 is 6.18 Å². The van der Waals surface area contributed by atoms with Crippen molar-refractivity contribution >= 4 is 5.69 Å². The number of alkyl halides is 3. The van der Waals surface area contributed by atoms with Crippen LogP contribution in [0.4, 0.5) is 18.9 Å². The lowest BCUT2D eigenvalue weighted by Gasteiger charge is -2.07. The molecule has 0 amide bonds. The zero-order valence-corrected chi connectivity index (χ0v) is 7.84. The van der Waals surface area contributed by atoms with Crippen LogP contribution in [0.5, 0.6) is 0 Å². The van der Waals surface area contributed by atoms with E-state index in [0.717, 1.165) is 12.1 Å². The van der Waals surface area contributed by atoms with Crippen molar-refractivity contribution in [3.63, 3.8) is 0 Å². The molecule has 1 aromatic rings. The number of benzene rings is 1. The molecule has 0 radical (unpaired) electrons. The fraction of sp³-hybridized carbons (Fsp3) is 0.333. The van der Waals surface area contributed by atoms with Crippen LogP contribution >= 0.6 is 0 Å². The van der Waals surface area contributed by atoms with Gasteiger partial charge in [0, 0.05) is 11.6 Å². The Kier molecular flexibility index (Phi) is 2.97. The Bertz CT molecular complexity index is 387. The highest BCUT2D eigenvalue weighted by atomic mass is 19.4. The molecular formula is C9H8F3NO2. The molecule has 1 rings (SSSR count). The first-order valence-corrected chi connectivity index (χ1v) is 4.10. The maximum Gasteiger partial charge on any atom is 0.393 e. The number of nitro groups is 1. The van der Waals surface area contributed by atoms with Crippen molar-refractivity contribution in [1.29, 1.82) is 0 Å². The summed E-state index contributed by atoms with van der Waals surface area (Å²) in [4.78, 5) is 9.70. The minimum absolute atomic E-state index is 0.307. The average molecular weight is 219 g/mol. The van der Waals surface area contributed by atoms with E-state index >= 15 is 0 Å². The summed E-state index contributed by atoms with van der Waals surface area (Å²) < 4.78 is 36.2. The van der Waals surface area contributed by atoms with Gasteiger partial charge in [0.1, 0.15) is 0 Å². The van der Waals surface area contributed by atoms with E-state index in [4.69, 9.17) is 0 Å². The van der Waals surface area contributed by atoms with E-state index in [9.17, 15) is 23.3 Å². The van der Waals surface area contributed by atoms with Crippen molar-refractivity contribution in [3.05, 3.63) is 39.4 Å². The summed E-state index contributed by atoms with van der Waals surface area (Å²) in [6.07, 6.45) is -5.70. The molecule has 3 nitrogen and oxygen atoms in total. The topological polar surface area (TPSA) is 43.1 Å². The van der Waals surface area contributed by atoms with Crippen molar-refractivity contribution in [3.8, 4) is 0 Å². The van der Waals surface area contributed by atoms with Crippen LogP contribution in [0.25, 0.3) is 0 Å². The van der Waals surface area contributed by atoms with E-state index in [2.05, 4.69) is 0 Å². The highest BCUT2D eigenvalue weighted by Gasteiger charge is 2.31. The molecule has 82 valence electrons. The molecule has 0 aromatic heterocycles. The molecule has 0 heterocycles. The number of hydrogen-bond acceptors (Lipinski definition) is 2. The van der Waals surface area contributed by atoms with Gasteiger partial charge in [-0.25, -0.2) is 0 Å². The van der Waals surface area contributed by atoms with Crippen LogP contribution < -0.4 is 0 Å². The quantitative estimate of drug-likeness (QED) is 0.566. The van der Waals surface area contributed by atoms with E-state index in [1.54, 1.807) is 6.92 Å². The molecule has 0 spiro atoms. The summed E-state index contributed by atoms with van der Waals surface area (Å²) in [6, 6.07) is 3.70. The van der Waals surface area contributed by atoms with Gasteiger partial charge in [-0.1, -0.05) is 12.1 Å². The predicted molar refractivity (Wildman–Crippen MR) is 47.6 cm³/mol. The van der Waals surface area contributed by atoms with E-state index < -0.39 is 23.2 Å². The van der Waals surface area contributed by atoms with Gasteiger partial charge in [0.25, 0.3) is 5.69 Å². The smallest absolute Gasteiger partial charge is 0.258 e. The molecular weight excluding hydrogens is 211 g/mol. The summed E-state index contributed by atoms with van der Waals surface area (Å²) in [6.45, 7) is 1.59. The normalized spacial score (nSPS) is 11.5. The lowest BCUT2D eigenvalue weighted by Crippen LogP contribution is -2.13. The molecule has 0 atom stereocenters. The molecule has 1 aromatic carbocycles. The number of hydrogen-bond donors (Lipinski definition) is 0. The fourth-order valence-electron chi connectivity index (χ4n) is 1.21. The van der Waals surface area contributed by atoms with Crippen LogP contribution in [-0.2, 0) is 6.42 Å². The van der Waals surface area contributed by atoms with Crippen molar-refractivity contribution in [2.24, 2.45) is 0 Å². The summed E-state index contributed by atoms with van der Waals surface area (Å²) in [5, 5.41) is 10.5. The summed E-state index contributed by atoms with van der Waals surface area (Å²) in [5.41, 5.74) is -0.224. The van der Waals surface area contributed by atoms with Gasteiger partial charge in [-0.15, -0.1) is 0 Å². The van der Waals surface area contributed by atoms with Crippen LogP contribution in [0.15, 0.2) is 18.2 Å². The fourth-order valence-corrected chi connectivity index (χ4v) is 1.21. The Labute approximate surface area is 83.7 Å². The number of halogens is 3. The Balaban J connectivity index is 3.12. The van der Waals surface area contributed by atoms with Gasteiger partial charge in [0.15, 0.2) is 0 Å². The zero-order chi connectivity index (χ0) is 11.6. The van der Waals surface area contributed by atoms with Crippen LogP contribution in [0, 0.1) is 17.0 Å². The molecule has 0 fully saturated rings. The number of rotatable bonds is 2. The third-order valence-corrected chi connectivity index (χ3v) is 1.83. The number of nitrogens with zero attached hydrogens (tertiary/aromatic N) is 1. The van der Waals surface area contributed by atoms with Crippen molar-refractivity contribution in [2.45, 2.75) is 19.5 Å². The van der Waals surface area contributed by atoms with Gasteiger partial charge in [-0.3, -0.25) is 10.1 Å². The second-order valence-electron chi connectivity index (χ2n) is 3.18. The minimum Gasteiger partial charge on any atom is -0.258 e. The minimum atomic E-state index is -4.43.